The van der Waals surface area contributed by atoms with E-state index in [1.54, 1.807) is 0 Å². The quantitative estimate of drug-likeness (QED) is 0.355. The van der Waals surface area contributed by atoms with Gasteiger partial charge in [0.25, 0.3) is 0 Å². The number of carbonyl (C=O) groups is 1. The van der Waals surface area contributed by atoms with Crippen LogP contribution in [0.25, 0.3) is 0 Å². The Bertz CT molecular complexity index is 190. The largest absolute Gasteiger partial charge is 0.461 e. The summed E-state index contributed by atoms with van der Waals surface area (Å²) in [6.07, 6.45) is 11.3. The van der Waals surface area contributed by atoms with Gasteiger partial charge in [-0.1, -0.05) is 38.3 Å². The molecule has 16 heavy (non-hydrogen) atoms. The molecule has 0 atom stereocenters. The lowest BCUT2D eigenvalue weighted by Crippen LogP contribution is -2.07. The van der Waals surface area contributed by atoms with Crippen LogP contribution in [-0.4, -0.2) is 19.1 Å². The number of unbranched alkanes of at least 4 members (excludes halogenated alkanes) is 4. The van der Waals surface area contributed by atoms with Crippen molar-refractivity contribution in [3.05, 3.63) is 12.2 Å². The molecule has 0 amide bonds. The lowest BCUT2D eigenvalue weighted by atomic mass is 10.1. The summed E-state index contributed by atoms with van der Waals surface area (Å²) in [6.45, 7) is 3.15. The highest BCUT2D eigenvalue weighted by atomic mass is 16.5. The first-order chi connectivity index (χ1) is 7.81. The van der Waals surface area contributed by atoms with Crippen LogP contribution in [-0.2, 0) is 9.53 Å². The highest BCUT2D eigenvalue weighted by molar-refractivity contribution is 5.69. The number of rotatable bonds is 10. The molecule has 0 unspecified atom stereocenters. The fraction of sp³-hybridized carbons (Fsp3) is 0.769. The molecule has 0 fully saturated rings. The van der Waals surface area contributed by atoms with Gasteiger partial charge < -0.3 is 10.5 Å². The molecule has 3 heteroatoms. The Morgan fingerprint density at radius 2 is 2.00 bits per heavy atom. The Morgan fingerprint density at radius 3 is 2.69 bits per heavy atom. The number of allylic oxidation sites excluding steroid dienone is 1. The average Bonchev–Trinajstić information content (AvgIpc) is 2.30. The lowest BCUT2D eigenvalue weighted by molar-refractivity contribution is -0.142. The monoisotopic (exact) mass is 227 g/mol. The van der Waals surface area contributed by atoms with Crippen LogP contribution in [0.3, 0.4) is 0 Å². The molecule has 94 valence electrons. The van der Waals surface area contributed by atoms with Crippen molar-refractivity contribution in [1.82, 2.24) is 0 Å². The van der Waals surface area contributed by atoms with Gasteiger partial charge in [-0.25, -0.2) is 0 Å². The number of hydrogen-bond acceptors (Lipinski definition) is 3. The van der Waals surface area contributed by atoms with Crippen molar-refractivity contribution >= 4 is 5.97 Å². The normalized spacial score (nSPS) is 10.9. The van der Waals surface area contributed by atoms with E-state index in [1.807, 2.05) is 6.08 Å². The molecule has 2 N–H and O–H groups in total. The molecule has 0 aromatic heterocycles. The van der Waals surface area contributed by atoms with Crippen LogP contribution in [0.15, 0.2) is 12.2 Å². The van der Waals surface area contributed by atoms with Gasteiger partial charge in [-0.15, -0.1) is 0 Å². The van der Waals surface area contributed by atoms with Crippen LogP contribution in [0.4, 0.5) is 0 Å². The molecular formula is C13H25NO2. The molecular weight excluding hydrogens is 202 g/mol. The van der Waals surface area contributed by atoms with Crippen molar-refractivity contribution in [3.8, 4) is 0 Å². The van der Waals surface area contributed by atoms with Gasteiger partial charge in [0.2, 0.25) is 0 Å². The van der Waals surface area contributed by atoms with Crippen molar-refractivity contribution in [3.63, 3.8) is 0 Å². The highest BCUT2D eigenvalue weighted by Crippen LogP contribution is 2.02. The summed E-state index contributed by atoms with van der Waals surface area (Å²) in [7, 11) is 0. The maximum absolute atomic E-state index is 11.1. The summed E-state index contributed by atoms with van der Waals surface area (Å²) in [5.41, 5.74) is 5.29. The molecule has 0 spiro atoms. The third kappa shape index (κ3) is 11.2. The first kappa shape index (κ1) is 15.2. The maximum Gasteiger partial charge on any atom is 0.306 e. The van der Waals surface area contributed by atoms with Crippen molar-refractivity contribution in [2.75, 3.05) is 13.2 Å². The third-order valence-electron chi connectivity index (χ3n) is 2.32. The zero-order valence-electron chi connectivity index (χ0n) is 10.4. The number of hydrogen-bond donors (Lipinski definition) is 1. The Hall–Kier alpha value is -0.830. The SMILES string of the molecule is CCCCCCC=CCOC(=O)CCCN. The number of ether oxygens (including phenoxy) is 1. The van der Waals surface area contributed by atoms with Crippen LogP contribution in [0.5, 0.6) is 0 Å². The highest BCUT2D eigenvalue weighted by Gasteiger charge is 1.98. The summed E-state index contributed by atoms with van der Waals surface area (Å²) in [5.74, 6) is -0.152. The summed E-state index contributed by atoms with van der Waals surface area (Å²) < 4.78 is 4.99. The molecule has 0 saturated carbocycles. The smallest absolute Gasteiger partial charge is 0.306 e. The summed E-state index contributed by atoms with van der Waals surface area (Å²) in [4.78, 5) is 11.1. The third-order valence-corrected chi connectivity index (χ3v) is 2.32. The van der Waals surface area contributed by atoms with Crippen molar-refractivity contribution in [1.29, 1.82) is 0 Å². The molecule has 0 aliphatic heterocycles. The van der Waals surface area contributed by atoms with Gasteiger partial charge in [0, 0.05) is 6.42 Å². The van der Waals surface area contributed by atoms with Crippen LogP contribution >= 0.6 is 0 Å². The van der Waals surface area contributed by atoms with Gasteiger partial charge >= 0.3 is 5.97 Å². The van der Waals surface area contributed by atoms with E-state index in [1.165, 1.54) is 25.7 Å². The summed E-state index contributed by atoms with van der Waals surface area (Å²) >= 11 is 0. The Morgan fingerprint density at radius 1 is 1.19 bits per heavy atom. The molecule has 0 rings (SSSR count). The standard InChI is InChI=1S/C13H25NO2/c1-2-3-4-5-6-7-8-12-16-13(15)10-9-11-14/h7-8H,2-6,9-12,14H2,1H3. The second-order valence-electron chi connectivity index (χ2n) is 3.90. The molecule has 0 radical (unpaired) electrons. The second kappa shape index (κ2) is 12.2. The maximum atomic E-state index is 11.1. The van der Waals surface area contributed by atoms with Gasteiger partial charge in [-0.3, -0.25) is 4.79 Å². The van der Waals surface area contributed by atoms with E-state index in [0.717, 1.165) is 6.42 Å². The predicted octanol–water partition coefficient (Wildman–Crippen LogP) is 2.80. The molecule has 0 saturated heterocycles. The zero-order chi connectivity index (χ0) is 12.1. The van der Waals surface area contributed by atoms with Crippen LogP contribution < -0.4 is 5.73 Å². The second-order valence-corrected chi connectivity index (χ2v) is 3.90. The molecule has 0 aliphatic rings. The van der Waals surface area contributed by atoms with Crippen molar-refractivity contribution in [2.24, 2.45) is 5.73 Å². The Labute approximate surface area is 99.0 Å². The van der Waals surface area contributed by atoms with E-state index in [4.69, 9.17) is 10.5 Å². The topological polar surface area (TPSA) is 52.3 Å². The van der Waals surface area contributed by atoms with Gasteiger partial charge in [-0.2, -0.15) is 0 Å². The molecule has 0 aliphatic carbocycles. The van der Waals surface area contributed by atoms with Gasteiger partial charge in [0.15, 0.2) is 0 Å². The van der Waals surface area contributed by atoms with E-state index >= 15 is 0 Å². The molecule has 3 nitrogen and oxygen atoms in total. The van der Waals surface area contributed by atoms with Gasteiger partial charge in [0.1, 0.15) is 6.61 Å². The van der Waals surface area contributed by atoms with Crippen LogP contribution in [0.2, 0.25) is 0 Å². The lowest BCUT2D eigenvalue weighted by Gasteiger charge is -2.00. The minimum atomic E-state index is -0.152. The Balaban J connectivity index is 3.23. The van der Waals surface area contributed by atoms with Crippen molar-refractivity contribution in [2.45, 2.75) is 51.9 Å². The minimum absolute atomic E-state index is 0.152. The fourth-order valence-corrected chi connectivity index (χ4v) is 1.33. The van der Waals surface area contributed by atoms with Gasteiger partial charge in [0.05, 0.1) is 0 Å². The van der Waals surface area contributed by atoms with E-state index < -0.39 is 0 Å². The number of carbonyl (C=O) groups excluding carboxylic acids is 1. The first-order valence-electron chi connectivity index (χ1n) is 6.32. The van der Waals surface area contributed by atoms with E-state index in [0.29, 0.717) is 26.0 Å². The van der Waals surface area contributed by atoms with E-state index in [-0.39, 0.29) is 5.97 Å². The predicted molar refractivity (Wildman–Crippen MR) is 67.1 cm³/mol. The van der Waals surface area contributed by atoms with E-state index in [9.17, 15) is 4.79 Å². The van der Waals surface area contributed by atoms with Crippen LogP contribution in [0, 0.1) is 0 Å². The average molecular weight is 227 g/mol. The number of esters is 1. The molecule has 0 aromatic carbocycles. The number of nitrogens with two attached hydrogens (primary N) is 1. The first-order valence-corrected chi connectivity index (χ1v) is 6.32. The minimum Gasteiger partial charge on any atom is -0.461 e. The zero-order valence-corrected chi connectivity index (χ0v) is 10.4. The van der Waals surface area contributed by atoms with Crippen molar-refractivity contribution < 1.29 is 9.53 Å². The molecule has 0 aromatic rings. The van der Waals surface area contributed by atoms with Crippen LogP contribution in [0.1, 0.15) is 51.9 Å². The summed E-state index contributed by atoms with van der Waals surface area (Å²) in [5, 5.41) is 0. The fourth-order valence-electron chi connectivity index (χ4n) is 1.33. The molecule has 0 heterocycles. The van der Waals surface area contributed by atoms with E-state index in [2.05, 4.69) is 13.0 Å². The Kier molecular flexibility index (Phi) is 11.6. The molecule has 0 bridgehead atoms. The summed E-state index contributed by atoms with van der Waals surface area (Å²) in [6, 6.07) is 0. The van der Waals surface area contributed by atoms with Gasteiger partial charge in [-0.05, 0) is 25.8 Å².